The van der Waals surface area contributed by atoms with E-state index in [1.165, 1.54) is 10.5 Å². The lowest BCUT2D eigenvalue weighted by Crippen LogP contribution is -2.52. The van der Waals surface area contributed by atoms with Gasteiger partial charge in [0.1, 0.15) is 0 Å². The van der Waals surface area contributed by atoms with Gasteiger partial charge in [0.25, 0.3) is 0 Å². The molecule has 2 aliphatic rings. The highest BCUT2D eigenvalue weighted by Gasteiger charge is 2.40. The number of amides is 2. The first-order valence-corrected chi connectivity index (χ1v) is 7.93. The van der Waals surface area contributed by atoms with E-state index in [9.17, 15) is 9.59 Å². The third kappa shape index (κ3) is 3.16. The van der Waals surface area contributed by atoms with Gasteiger partial charge in [0.05, 0.1) is 12.5 Å². The van der Waals surface area contributed by atoms with Crippen LogP contribution in [0.3, 0.4) is 0 Å². The zero-order valence-electron chi connectivity index (χ0n) is 12.7. The summed E-state index contributed by atoms with van der Waals surface area (Å²) < 4.78 is 0. The number of hydrogen-bond acceptors (Lipinski definition) is 4. The second-order valence-electron chi connectivity index (χ2n) is 5.95. The molecule has 22 heavy (non-hydrogen) atoms. The fourth-order valence-corrected chi connectivity index (χ4v) is 3.23. The van der Waals surface area contributed by atoms with Crippen molar-refractivity contribution in [2.45, 2.75) is 19.0 Å². The standard InChI is InChI=1S/C16H20ClN3O2/c1-18-15(21)10-14(16(18)22)20-8-6-19(7-9-20)11-12-2-4-13(17)5-3-12/h2-5,14H,6-11H2,1H3/t14-/m1/s1. The Morgan fingerprint density at radius 3 is 2.27 bits per heavy atom. The minimum absolute atomic E-state index is 0.0591. The zero-order chi connectivity index (χ0) is 15.7. The van der Waals surface area contributed by atoms with Gasteiger partial charge in [0.15, 0.2) is 0 Å². The number of benzene rings is 1. The molecule has 6 heteroatoms. The van der Waals surface area contributed by atoms with Crippen LogP contribution in [0.1, 0.15) is 12.0 Å². The van der Waals surface area contributed by atoms with Crippen LogP contribution in [0.25, 0.3) is 0 Å². The number of imide groups is 1. The van der Waals surface area contributed by atoms with Crippen LogP contribution in [-0.2, 0) is 16.1 Å². The number of carbonyl (C=O) groups excluding carboxylic acids is 2. The highest BCUT2D eigenvalue weighted by Crippen LogP contribution is 2.20. The normalized spacial score (nSPS) is 24.3. The SMILES string of the molecule is CN1C(=O)C[C@@H](N2CCN(Cc3ccc(Cl)cc3)CC2)C1=O. The number of rotatable bonds is 3. The Balaban J connectivity index is 1.53. The van der Waals surface area contributed by atoms with Crippen LogP contribution < -0.4 is 0 Å². The van der Waals surface area contributed by atoms with Crippen LogP contribution in [0.4, 0.5) is 0 Å². The average molecular weight is 322 g/mol. The van der Waals surface area contributed by atoms with Crippen LogP contribution in [0.15, 0.2) is 24.3 Å². The van der Waals surface area contributed by atoms with Crippen molar-refractivity contribution < 1.29 is 9.59 Å². The summed E-state index contributed by atoms with van der Waals surface area (Å²) in [6.45, 7) is 4.35. The van der Waals surface area contributed by atoms with E-state index in [0.29, 0.717) is 6.42 Å². The summed E-state index contributed by atoms with van der Waals surface area (Å²) in [6, 6.07) is 7.65. The summed E-state index contributed by atoms with van der Waals surface area (Å²) in [5.74, 6) is -0.130. The highest BCUT2D eigenvalue weighted by molar-refractivity contribution is 6.30. The summed E-state index contributed by atoms with van der Waals surface area (Å²) in [5, 5.41) is 0.752. The molecule has 1 atom stereocenters. The van der Waals surface area contributed by atoms with E-state index < -0.39 is 0 Å². The summed E-state index contributed by atoms with van der Waals surface area (Å²) in [5.41, 5.74) is 1.24. The molecule has 0 saturated carbocycles. The highest BCUT2D eigenvalue weighted by atomic mass is 35.5. The molecule has 2 aliphatic heterocycles. The third-order valence-corrected chi connectivity index (χ3v) is 4.78. The molecule has 2 heterocycles. The fraction of sp³-hybridized carbons (Fsp3) is 0.500. The molecule has 2 saturated heterocycles. The van der Waals surface area contributed by atoms with E-state index in [0.717, 1.165) is 37.7 Å². The van der Waals surface area contributed by atoms with Gasteiger partial charge in [-0.2, -0.15) is 0 Å². The van der Waals surface area contributed by atoms with Crippen LogP contribution >= 0.6 is 11.6 Å². The van der Waals surface area contributed by atoms with Gasteiger partial charge in [-0.15, -0.1) is 0 Å². The van der Waals surface area contributed by atoms with Gasteiger partial charge in [-0.1, -0.05) is 23.7 Å². The molecule has 3 rings (SSSR count). The molecule has 2 fully saturated rings. The first-order valence-electron chi connectivity index (χ1n) is 7.56. The molecule has 0 unspecified atom stereocenters. The molecule has 2 amide bonds. The summed E-state index contributed by atoms with van der Waals surface area (Å²) in [4.78, 5) is 29.4. The Morgan fingerprint density at radius 2 is 1.73 bits per heavy atom. The maximum Gasteiger partial charge on any atom is 0.246 e. The quantitative estimate of drug-likeness (QED) is 0.785. The maximum atomic E-state index is 12.1. The van der Waals surface area contributed by atoms with Gasteiger partial charge in [-0.3, -0.25) is 24.3 Å². The lowest BCUT2D eigenvalue weighted by molar-refractivity contribution is -0.138. The molecule has 118 valence electrons. The van der Waals surface area contributed by atoms with Gasteiger partial charge in [0, 0.05) is 44.8 Å². The smallest absolute Gasteiger partial charge is 0.246 e. The Morgan fingerprint density at radius 1 is 1.09 bits per heavy atom. The lowest BCUT2D eigenvalue weighted by atomic mass is 10.1. The van der Waals surface area contributed by atoms with Crippen molar-refractivity contribution in [3.8, 4) is 0 Å². The molecular formula is C16H20ClN3O2. The van der Waals surface area contributed by atoms with E-state index in [1.807, 2.05) is 24.3 Å². The zero-order valence-corrected chi connectivity index (χ0v) is 13.4. The summed E-state index contributed by atoms with van der Waals surface area (Å²) in [6.07, 6.45) is 0.326. The van der Waals surface area contributed by atoms with E-state index in [1.54, 1.807) is 7.05 Å². The number of hydrogen-bond donors (Lipinski definition) is 0. The van der Waals surface area contributed by atoms with Gasteiger partial charge in [0.2, 0.25) is 11.8 Å². The van der Waals surface area contributed by atoms with E-state index in [4.69, 9.17) is 11.6 Å². The number of carbonyl (C=O) groups is 2. The molecule has 0 spiro atoms. The Labute approximate surface area is 135 Å². The van der Waals surface area contributed by atoms with E-state index >= 15 is 0 Å². The van der Waals surface area contributed by atoms with E-state index in [2.05, 4.69) is 9.80 Å². The van der Waals surface area contributed by atoms with E-state index in [-0.39, 0.29) is 17.9 Å². The van der Waals surface area contributed by atoms with Crippen molar-refractivity contribution in [3.63, 3.8) is 0 Å². The number of likely N-dealkylation sites (N-methyl/N-ethyl adjacent to an activating group) is 1. The van der Waals surface area contributed by atoms with Crippen LogP contribution in [0.5, 0.6) is 0 Å². The second-order valence-corrected chi connectivity index (χ2v) is 6.39. The van der Waals surface area contributed by atoms with Crippen LogP contribution in [0.2, 0.25) is 5.02 Å². The molecule has 5 nitrogen and oxygen atoms in total. The van der Waals surface area contributed by atoms with Crippen molar-refractivity contribution in [3.05, 3.63) is 34.9 Å². The lowest BCUT2D eigenvalue weighted by Gasteiger charge is -2.36. The summed E-state index contributed by atoms with van der Waals surface area (Å²) >= 11 is 5.90. The minimum Gasteiger partial charge on any atom is -0.297 e. The largest absolute Gasteiger partial charge is 0.297 e. The second kappa shape index (κ2) is 6.36. The average Bonchev–Trinajstić information content (AvgIpc) is 2.78. The van der Waals surface area contributed by atoms with Gasteiger partial charge in [-0.25, -0.2) is 0 Å². The predicted molar refractivity (Wildman–Crippen MR) is 84.5 cm³/mol. The topological polar surface area (TPSA) is 43.9 Å². The molecule has 0 N–H and O–H groups in total. The Kier molecular flexibility index (Phi) is 4.47. The first kappa shape index (κ1) is 15.5. The van der Waals surface area contributed by atoms with Gasteiger partial charge < -0.3 is 0 Å². The van der Waals surface area contributed by atoms with Gasteiger partial charge in [-0.05, 0) is 17.7 Å². The number of nitrogens with zero attached hydrogens (tertiary/aromatic N) is 3. The number of halogens is 1. The van der Waals surface area contributed by atoms with Crippen molar-refractivity contribution >= 4 is 23.4 Å². The monoisotopic (exact) mass is 321 g/mol. The van der Waals surface area contributed by atoms with Gasteiger partial charge >= 0.3 is 0 Å². The first-order chi connectivity index (χ1) is 10.5. The number of likely N-dealkylation sites (tertiary alicyclic amines) is 1. The third-order valence-electron chi connectivity index (χ3n) is 4.52. The van der Waals surface area contributed by atoms with Crippen molar-refractivity contribution in [1.29, 1.82) is 0 Å². The van der Waals surface area contributed by atoms with Crippen LogP contribution in [0, 0.1) is 0 Å². The van der Waals surface area contributed by atoms with Crippen molar-refractivity contribution in [2.24, 2.45) is 0 Å². The van der Waals surface area contributed by atoms with Crippen molar-refractivity contribution in [2.75, 3.05) is 33.2 Å². The van der Waals surface area contributed by atoms with Crippen LogP contribution in [-0.4, -0.2) is 65.8 Å². The predicted octanol–water partition coefficient (Wildman–Crippen LogP) is 1.21. The van der Waals surface area contributed by atoms with Crippen molar-refractivity contribution in [1.82, 2.24) is 14.7 Å². The molecule has 0 bridgehead atoms. The Bertz CT molecular complexity index is 567. The molecule has 0 aromatic heterocycles. The molecule has 0 aliphatic carbocycles. The number of piperazine rings is 1. The minimum atomic E-state index is -0.254. The molecule has 0 radical (unpaired) electrons. The molecule has 1 aromatic rings. The fourth-order valence-electron chi connectivity index (χ4n) is 3.10. The Hall–Kier alpha value is -1.43. The summed E-state index contributed by atoms with van der Waals surface area (Å²) in [7, 11) is 1.57. The maximum absolute atomic E-state index is 12.1. The molecular weight excluding hydrogens is 302 g/mol. The molecule has 1 aromatic carbocycles.